The number of nitrogens with one attached hydrogen (secondary N) is 1. The van der Waals surface area contributed by atoms with Gasteiger partial charge in [0.15, 0.2) is 0 Å². The topological polar surface area (TPSA) is 58.6 Å². The van der Waals surface area contributed by atoms with Gasteiger partial charge in [0.05, 0.1) is 18.6 Å². The third-order valence-corrected chi connectivity index (χ3v) is 5.98. The lowest BCUT2D eigenvalue weighted by Gasteiger charge is -2.24. The Balaban J connectivity index is 1.55. The Morgan fingerprint density at radius 1 is 1.06 bits per heavy atom. The summed E-state index contributed by atoms with van der Waals surface area (Å²) in [4.78, 5) is 27.8. The predicted octanol–water partition coefficient (Wildman–Crippen LogP) is 4.10. The Hall–Kier alpha value is -3.60. The quantitative estimate of drug-likeness (QED) is 0.666. The zero-order chi connectivity index (χ0) is 22.5. The number of carbonyl (C=O) groups is 2. The summed E-state index contributed by atoms with van der Waals surface area (Å²) in [6, 6.07) is 23.8. The van der Waals surface area contributed by atoms with Crippen molar-refractivity contribution in [2.75, 3.05) is 26.7 Å². The van der Waals surface area contributed by atoms with Crippen LogP contribution in [0.2, 0.25) is 0 Å². The zero-order valence-electron chi connectivity index (χ0n) is 18.5. The first kappa shape index (κ1) is 21.6. The van der Waals surface area contributed by atoms with E-state index in [2.05, 4.69) is 36.5 Å². The summed E-state index contributed by atoms with van der Waals surface area (Å²) in [6.45, 7) is 3.39. The highest BCUT2D eigenvalue weighted by Crippen LogP contribution is 2.26. The van der Waals surface area contributed by atoms with Crippen LogP contribution in [0.5, 0.6) is 5.75 Å². The first-order valence-corrected chi connectivity index (χ1v) is 10.9. The Kier molecular flexibility index (Phi) is 6.55. The molecular weight excluding hydrogens is 400 g/mol. The number of carbonyl (C=O) groups excluding carboxylic acids is 2. The lowest BCUT2D eigenvalue weighted by atomic mass is 9.94. The highest BCUT2D eigenvalue weighted by molar-refractivity contribution is 5.97. The van der Waals surface area contributed by atoms with E-state index in [1.165, 1.54) is 11.1 Å². The predicted molar refractivity (Wildman–Crippen MR) is 126 cm³/mol. The molecule has 32 heavy (non-hydrogen) atoms. The maximum Gasteiger partial charge on any atom is 0.257 e. The average Bonchev–Trinajstić information content (AvgIpc) is 3.00. The molecule has 1 aliphatic heterocycles. The van der Waals surface area contributed by atoms with Crippen molar-refractivity contribution in [1.29, 1.82) is 0 Å². The third kappa shape index (κ3) is 4.67. The second-order valence-electron chi connectivity index (χ2n) is 8.16. The zero-order valence-corrected chi connectivity index (χ0v) is 18.5. The molecule has 1 fully saturated rings. The monoisotopic (exact) mass is 428 g/mol. The summed E-state index contributed by atoms with van der Waals surface area (Å²) in [5.41, 5.74) is 5.14. The van der Waals surface area contributed by atoms with E-state index in [0.29, 0.717) is 37.4 Å². The molecule has 5 heteroatoms. The van der Waals surface area contributed by atoms with E-state index in [1.807, 2.05) is 36.4 Å². The van der Waals surface area contributed by atoms with Crippen LogP contribution in [0.4, 0.5) is 0 Å². The fourth-order valence-corrected chi connectivity index (χ4v) is 4.28. The molecule has 1 aliphatic rings. The lowest BCUT2D eigenvalue weighted by molar-refractivity contribution is -0.124. The van der Waals surface area contributed by atoms with Crippen LogP contribution in [-0.4, -0.2) is 43.5 Å². The van der Waals surface area contributed by atoms with E-state index in [9.17, 15) is 9.59 Å². The molecule has 1 unspecified atom stereocenters. The van der Waals surface area contributed by atoms with Crippen LogP contribution in [-0.2, 0) is 11.2 Å². The minimum absolute atomic E-state index is 0.0124. The Bertz CT molecular complexity index is 1130. The first-order chi connectivity index (χ1) is 15.6. The summed E-state index contributed by atoms with van der Waals surface area (Å²) < 4.78 is 5.37. The van der Waals surface area contributed by atoms with Crippen LogP contribution in [0.25, 0.3) is 11.1 Å². The number of para-hydroxylation sites is 1. The van der Waals surface area contributed by atoms with Gasteiger partial charge in [-0.3, -0.25) is 9.59 Å². The number of amides is 2. The Labute approximate surface area is 189 Å². The van der Waals surface area contributed by atoms with Crippen molar-refractivity contribution < 1.29 is 14.3 Å². The molecule has 2 amide bonds. The third-order valence-electron chi connectivity index (χ3n) is 5.98. The van der Waals surface area contributed by atoms with Crippen molar-refractivity contribution >= 4 is 11.8 Å². The molecule has 0 aromatic heterocycles. The molecule has 5 nitrogen and oxygen atoms in total. The van der Waals surface area contributed by atoms with E-state index in [4.69, 9.17) is 4.74 Å². The molecule has 1 saturated heterocycles. The van der Waals surface area contributed by atoms with Crippen LogP contribution in [0.1, 0.15) is 21.5 Å². The van der Waals surface area contributed by atoms with Gasteiger partial charge in [0.2, 0.25) is 5.91 Å². The number of aryl methyl sites for hydroxylation is 1. The van der Waals surface area contributed by atoms with Gasteiger partial charge in [-0.2, -0.15) is 0 Å². The first-order valence-electron chi connectivity index (χ1n) is 10.9. The molecular formula is C27H28N2O3. The second-order valence-corrected chi connectivity index (χ2v) is 8.16. The maximum atomic E-state index is 13.2. The van der Waals surface area contributed by atoms with Crippen LogP contribution in [0.3, 0.4) is 0 Å². The molecule has 0 radical (unpaired) electrons. The fraction of sp³-hybridized carbons (Fsp3) is 0.259. The number of ether oxygens (including phenoxy) is 1. The molecule has 3 aromatic rings. The molecule has 3 aromatic carbocycles. The van der Waals surface area contributed by atoms with Crippen molar-refractivity contribution in [2.24, 2.45) is 5.92 Å². The van der Waals surface area contributed by atoms with Gasteiger partial charge in [-0.05, 0) is 47.7 Å². The van der Waals surface area contributed by atoms with Crippen molar-refractivity contribution in [3.05, 3.63) is 89.5 Å². The van der Waals surface area contributed by atoms with E-state index in [-0.39, 0.29) is 17.7 Å². The summed E-state index contributed by atoms with van der Waals surface area (Å²) in [5, 5.41) is 2.97. The summed E-state index contributed by atoms with van der Waals surface area (Å²) in [5.74, 6) is 0.103. The smallest absolute Gasteiger partial charge is 0.257 e. The normalized spacial score (nSPS) is 16.2. The van der Waals surface area contributed by atoms with Gasteiger partial charge in [-0.1, -0.05) is 60.7 Å². The van der Waals surface area contributed by atoms with E-state index in [0.717, 1.165) is 11.1 Å². The van der Waals surface area contributed by atoms with Gasteiger partial charge in [-0.15, -0.1) is 0 Å². The van der Waals surface area contributed by atoms with Crippen LogP contribution in [0, 0.1) is 12.8 Å². The largest absolute Gasteiger partial charge is 0.496 e. The van der Waals surface area contributed by atoms with Crippen molar-refractivity contribution in [1.82, 2.24) is 10.2 Å². The summed E-state index contributed by atoms with van der Waals surface area (Å²) >= 11 is 0. The minimum Gasteiger partial charge on any atom is -0.496 e. The van der Waals surface area contributed by atoms with Gasteiger partial charge >= 0.3 is 0 Å². The van der Waals surface area contributed by atoms with Crippen molar-refractivity contribution in [2.45, 2.75) is 13.3 Å². The maximum absolute atomic E-state index is 13.2. The number of hydrogen-bond acceptors (Lipinski definition) is 3. The summed E-state index contributed by atoms with van der Waals surface area (Å²) in [7, 11) is 1.56. The number of hydrogen-bond donors (Lipinski definition) is 1. The molecule has 0 saturated carbocycles. The Morgan fingerprint density at radius 3 is 2.66 bits per heavy atom. The number of rotatable bonds is 5. The number of benzene rings is 3. The average molecular weight is 429 g/mol. The van der Waals surface area contributed by atoms with Crippen LogP contribution in [0.15, 0.2) is 72.8 Å². The van der Waals surface area contributed by atoms with Gasteiger partial charge in [0.25, 0.3) is 5.91 Å². The minimum atomic E-state index is -0.316. The molecule has 0 spiro atoms. The number of methoxy groups -OCH3 is 1. The SMILES string of the molecule is COc1ccccc1C(=O)N1CCNC(=O)C(Cc2cccc(-c3ccccc3C)c2)C1. The highest BCUT2D eigenvalue weighted by Gasteiger charge is 2.29. The molecule has 4 rings (SSSR count). The summed E-state index contributed by atoms with van der Waals surface area (Å²) in [6.07, 6.45) is 0.571. The molecule has 0 aliphatic carbocycles. The molecule has 0 bridgehead atoms. The number of nitrogens with zero attached hydrogens (tertiary/aromatic N) is 1. The molecule has 1 N–H and O–H groups in total. The molecule has 1 heterocycles. The van der Waals surface area contributed by atoms with Gasteiger partial charge < -0.3 is 15.0 Å². The van der Waals surface area contributed by atoms with Gasteiger partial charge in [-0.25, -0.2) is 0 Å². The standard InChI is InChI=1S/C27H28N2O3/c1-19-8-3-4-11-23(19)21-10-7-9-20(16-21)17-22-18-29(15-14-28-26(22)30)27(31)24-12-5-6-13-25(24)32-2/h3-13,16,22H,14-15,17-18H2,1-2H3,(H,28,30). The second kappa shape index (κ2) is 9.69. The Morgan fingerprint density at radius 2 is 1.84 bits per heavy atom. The molecule has 164 valence electrons. The fourth-order valence-electron chi connectivity index (χ4n) is 4.28. The van der Waals surface area contributed by atoms with Crippen LogP contribution >= 0.6 is 0 Å². The lowest BCUT2D eigenvalue weighted by Crippen LogP contribution is -2.37. The van der Waals surface area contributed by atoms with Gasteiger partial charge in [0.1, 0.15) is 5.75 Å². The van der Waals surface area contributed by atoms with E-state index >= 15 is 0 Å². The van der Waals surface area contributed by atoms with Crippen molar-refractivity contribution in [3.8, 4) is 16.9 Å². The highest BCUT2D eigenvalue weighted by atomic mass is 16.5. The van der Waals surface area contributed by atoms with Crippen molar-refractivity contribution in [3.63, 3.8) is 0 Å². The van der Waals surface area contributed by atoms with E-state index < -0.39 is 0 Å². The van der Waals surface area contributed by atoms with E-state index in [1.54, 1.807) is 24.1 Å². The van der Waals surface area contributed by atoms with Gasteiger partial charge in [0, 0.05) is 19.6 Å². The van der Waals surface area contributed by atoms with Crippen LogP contribution < -0.4 is 10.1 Å². The molecule has 1 atom stereocenters.